The average Bonchev–Trinajstić information content (AvgIpc) is 2.61. The lowest BCUT2D eigenvalue weighted by Crippen LogP contribution is -2.42. The van der Waals surface area contributed by atoms with Crippen molar-refractivity contribution < 1.29 is 14.6 Å². The van der Waals surface area contributed by atoms with Crippen LogP contribution in [0.2, 0.25) is 0 Å². The smallest absolute Gasteiger partial charge is 0.325 e. The molecule has 24 heavy (non-hydrogen) atoms. The van der Waals surface area contributed by atoms with Gasteiger partial charge in [0, 0.05) is 32.7 Å². The first-order valence-corrected chi connectivity index (χ1v) is 9.49. The van der Waals surface area contributed by atoms with E-state index in [1.807, 2.05) is 29.2 Å². The molecule has 124 valence electrons. The number of nitrogens with zero attached hydrogens (tertiary/aromatic N) is 1. The van der Waals surface area contributed by atoms with Crippen molar-refractivity contribution in [3.8, 4) is 0 Å². The zero-order chi connectivity index (χ0) is 16.5. The molecule has 0 radical (unpaired) electrons. The van der Waals surface area contributed by atoms with Crippen LogP contribution >= 0.6 is 23.5 Å². The Labute approximate surface area is 149 Å². The number of ether oxygens (including phenoxy) is 1. The van der Waals surface area contributed by atoms with Crippen molar-refractivity contribution >= 4 is 29.5 Å². The van der Waals surface area contributed by atoms with Crippen LogP contribution in [0.4, 0.5) is 0 Å². The molecule has 2 aliphatic rings. The Morgan fingerprint density at radius 1 is 1.00 bits per heavy atom. The third-order valence-corrected chi connectivity index (χ3v) is 6.86. The summed E-state index contributed by atoms with van der Waals surface area (Å²) in [5.74, 6) is -0.797. The quantitative estimate of drug-likeness (QED) is 0.768. The number of benzene rings is 2. The molecule has 6 heteroatoms. The average molecular weight is 359 g/mol. The number of carboxylic acids is 1. The summed E-state index contributed by atoms with van der Waals surface area (Å²) in [6, 6.07) is 13.6. The predicted molar refractivity (Wildman–Crippen MR) is 93.9 cm³/mol. The Morgan fingerprint density at radius 3 is 2.38 bits per heavy atom. The Balaban J connectivity index is 1.75. The molecule has 2 heterocycles. The van der Waals surface area contributed by atoms with Crippen LogP contribution < -0.4 is 0 Å². The fraction of sp³-hybridized carbons (Fsp3) is 0.278. The Hall–Kier alpha value is -1.47. The lowest BCUT2D eigenvalue weighted by molar-refractivity contribution is -0.145. The number of hydrogen-bond acceptors (Lipinski definition) is 5. The van der Waals surface area contributed by atoms with E-state index in [4.69, 9.17) is 4.74 Å². The largest absolute Gasteiger partial charge is 0.480 e. The summed E-state index contributed by atoms with van der Waals surface area (Å²) >= 11 is 3.39. The minimum atomic E-state index is -0.797. The zero-order valence-corrected chi connectivity index (χ0v) is 14.6. The van der Waals surface area contributed by atoms with Crippen LogP contribution in [-0.4, -0.2) is 42.3 Å². The molecule has 4 rings (SSSR count). The topological polar surface area (TPSA) is 49.8 Å². The summed E-state index contributed by atoms with van der Waals surface area (Å²) in [6.45, 7) is 2.47. The van der Waals surface area contributed by atoms with Gasteiger partial charge in [-0.25, -0.2) is 0 Å². The summed E-state index contributed by atoms with van der Waals surface area (Å²) in [7, 11) is 0. The summed E-state index contributed by atoms with van der Waals surface area (Å²) in [6.07, 6.45) is 0. The highest BCUT2D eigenvalue weighted by atomic mass is 32.2. The second-order valence-electron chi connectivity index (χ2n) is 5.71. The summed E-state index contributed by atoms with van der Waals surface area (Å²) < 4.78 is 5.38. The van der Waals surface area contributed by atoms with E-state index < -0.39 is 12.0 Å². The highest BCUT2D eigenvalue weighted by Gasteiger charge is 2.32. The van der Waals surface area contributed by atoms with Crippen LogP contribution in [0, 0.1) is 0 Å². The molecule has 0 amide bonds. The van der Waals surface area contributed by atoms with Crippen molar-refractivity contribution in [2.24, 2.45) is 0 Å². The lowest BCUT2D eigenvalue weighted by atomic mass is 10.0. The first kappa shape index (κ1) is 16.0. The van der Waals surface area contributed by atoms with E-state index in [1.54, 1.807) is 23.5 Å². The number of carbonyl (C=O) groups is 1. The molecule has 2 aromatic carbocycles. The first-order valence-electron chi connectivity index (χ1n) is 7.86. The fourth-order valence-electron chi connectivity index (χ4n) is 3.11. The second kappa shape index (κ2) is 6.80. The van der Waals surface area contributed by atoms with Crippen molar-refractivity contribution in [3.63, 3.8) is 0 Å². The van der Waals surface area contributed by atoms with E-state index in [2.05, 4.69) is 18.2 Å². The minimum Gasteiger partial charge on any atom is -0.480 e. The number of aliphatic carboxylic acids is 1. The molecule has 1 saturated heterocycles. The van der Waals surface area contributed by atoms with Crippen molar-refractivity contribution in [2.75, 3.05) is 26.3 Å². The monoisotopic (exact) mass is 359 g/mol. The number of fused-ring (bicyclic) bond motifs is 2. The van der Waals surface area contributed by atoms with Crippen LogP contribution in [0.15, 0.2) is 62.0 Å². The number of hydrogen-bond donors (Lipinski definition) is 1. The molecule has 0 aromatic heterocycles. The maximum Gasteiger partial charge on any atom is 0.325 e. The third-order valence-electron chi connectivity index (χ3n) is 4.23. The molecule has 4 nitrogen and oxygen atoms in total. The second-order valence-corrected chi connectivity index (χ2v) is 7.85. The number of carboxylic acid groups (broad SMARTS) is 1. The van der Waals surface area contributed by atoms with Crippen molar-refractivity contribution in [3.05, 3.63) is 48.0 Å². The molecule has 1 atom stereocenters. The molecule has 0 aliphatic carbocycles. The molecule has 1 fully saturated rings. The van der Waals surface area contributed by atoms with Gasteiger partial charge in [0.2, 0.25) is 0 Å². The van der Waals surface area contributed by atoms with Gasteiger partial charge in [-0.05, 0) is 23.8 Å². The highest BCUT2D eigenvalue weighted by Crippen LogP contribution is 2.51. The standard InChI is InChI=1S/C18H17NO3S2/c20-18(21)16(19-8-10-22-11-9-19)12-4-3-7-15-17(12)24-14-6-2-1-5-13(14)23-15/h1-7,16H,8-11H2,(H,20,21). The van der Waals surface area contributed by atoms with Crippen LogP contribution in [0.25, 0.3) is 0 Å². The third kappa shape index (κ3) is 2.95. The van der Waals surface area contributed by atoms with Gasteiger partial charge in [-0.1, -0.05) is 47.8 Å². The Bertz CT molecular complexity index is 775. The molecule has 0 saturated carbocycles. The summed E-state index contributed by atoms with van der Waals surface area (Å²) in [5, 5.41) is 9.88. The summed E-state index contributed by atoms with van der Waals surface area (Å²) in [5.41, 5.74) is 0.883. The van der Waals surface area contributed by atoms with Crippen molar-refractivity contribution in [1.82, 2.24) is 4.90 Å². The maximum absolute atomic E-state index is 12.0. The number of rotatable bonds is 3. The molecule has 1 N–H and O–H groups in total. The van der Waals surface area contributed by atoms with Gasteiger partial charge < -0.3 is 9.84 Å². The van der Waals surface area contributed by atoms with Gasteiger partial charge in [-0.15, -0.1) is 0 Å². The van der Waals surface area contributed by atoms with Crippen LogP contribution in [0.5, 0.6) is 0 Å². The van der Waals surface area contributed by atoms with E-state index in [9.17, 15) is 9.90 Å². The molecule has 2 aromatic rings. The van der Waals surface area contributed by atoms with Crippen LogP contribution in [0.1, 0.15) is 11.6 Å². The van der Waals surface area contributed by atoms with E-state index in [-0.39, 0.29) is 0 Å². The van der Waals surface area contributed by atoms with Gasteiger partial charge in [0.15, 0.2) is 0 Å². The van der Waals surface area contributed by atoms with E-state index in [0.717, 1.165) is 15.4 Å². The molecule has 0 bridgehead atoms. The van der Waals surface area contributed by atoms with Gasteiger partial charge in [0.25, 0.3) is 0 Å². The number of morpholine rings is 1. The first-order chi connectivity index (χ1) is 11.7. The van der Waals surface area contributed by atoms with E-state index in [0.29, 0.717) is 26.3 Å². The van der Waals surface area contributed by atoms with E-state index >= 15 is 0 Å². The molecule has 1 unspecified atom stereocenters. The van der Waals surface area contributed by atoms with Gasteiger partial charge in [-0.3, -0.25) is 9.69 Å². The van der Waals surface area contributed by atoms with Crippen LogP contribution in [0.3, 0.4) is 0 Å². The van der Waals surface area contributed by atoms with Crippen molar-refractivity contribution in [2.45, 2.75) is 25.6 Å². The summed E-state index contributed by atoms with van der Waals surface area (Å²) in [4.78, 5) is 18.7. The predicted octanol–water partition coefficient (Wildman–Crippen LogP) is 3.76. The molecule has 2 aliphatic heterocycles. The molecule has 0 spiro atoms. The van der Waals surface area contributed by atoms with Crippen molar-refractivity contribution in [1.29, 1.82) is 0 Å². The van der Waals surface area contributed by atoms with Gasteiger partial charge >= 0.3 is 5.97 Å². The Kier molecular flexibility index (Phi) is 4.54. The maximum atomic E-state index is 12.0. The highest BCUT2D eigenvalue weighted by molar-refractivity contribution is 8.05. The lowest BCUT2D eigenvalue weighted by Gasteiger charge is -2.33. The van der Waals surface area contributed by atoms with E-state index in [1.165, 1.54) is 9.79 Å². The molecular formula is C18H17NO3S2. The Morgan fingerprint density at radius 2 is 1.67 bits per heavy atom. The van der Waals surface area contributed by atoms with Gasteiger partial charge in [-0.2, -0.15) is 0 Å². The minimum absolute atomic E-state index is 0.587. The van der Waals surface area contributed by atoms with Gasteiger partial charge in [0.1, 0.15) is 6.04 Å². The normalized spacial score (nSPS) is 18.5. The zero-order valence-electron chi connectivity index (χ0n) is 13.0. The van der Waals surface area contributed by atoms with Gasteiger partial charge in [0.05, 0.1) is 13.2 Å². The molecular weight excluding hydrogens is 342 g/mol. The fourth-order valence-corrected chi connectivity index (χ4v) is 5.52. The van der Waals surface area contributed by atoms with Crippen LogP contribution in [-0.2, 0) is 9.53 Å². The SMILES string of the molecule is O=C(O)C(c1cccc2c1Sc1ccccc1S2)N1CCOCC1.